The molecule has 4 N–H and O–H groups in total. The quantitative estimate of drug-likeness (QED) is 0.818. The van der Waals surface area contributed by atoms with Gasteiger partial charge < -0.3 is 11.6 Å². The molecule has 0 aliphatic heterocycles. The third-order valence-electron chi connectivity index (χ3n) is 2.93. The van der Waals surface area contributed by atoms with Gasteiger partial charge in [0.05, 0.1) is 0 Å². The van der Waals surface area contributed by atoms with E-state index < -0.39 is 0 Å². The van der Waals surface area contributed by atoms with Crippen LogP contribution >= 0.6 is 0 Å². The van der Waals surface area contributed by atoms with E-state index in [1.54, 1.807) is 19.1 Å². The summed E-state index contributed by atoms with van der Waals surface area (Å²) < 4.78 is 14.6. The normalized spacial score (nSPS) is 10.8. The molecule has 0 fully saturated rings. The lowest BCUT2D eigenvalue weighted by molar-refractivity contribution is 0.619. The zero-order valence-electron chi connectivity index (χ0n) is 10.6. The summed E-state index contributed by atoms with van der Waals surface area (Å²) in [7, 11) is 0. The van der Waals surface area contributed by atoms with Crippen LogP contribution in [0.3, 0.4) is 0 Å². The number of hydrogen-bond donors (Lipinski definition) is 2. The van der Waals surface area contributed by atoms with Crippen molar-refractivity contribution in [1.29, 1.82) is 0 Å². The van der Waals surface area contributed by atoms with Gasteiger partial charge >= 0.3 is 0 Å². The Hall–Kier alpha value is -2.04. The lowest BCUT2D eigenvalue weighted by Gasteiger charge is -2.02. The number of halogens is 1. The maximum atomic E-state index is 13.2. The Morgan fingerprint density at radius 3 is 2.72 bits per heavy atom. The maximum absolute atomic E-state index is 13.2. The van der Waals surface area contributed by atoms with E-state index in [4.69, 9.17) is 11.6 Å². The SMILES string of the molecule is CCCc1nc(-c2ccc(F)c(C)c2)c(N)n1N. The molecular weight excluding hydrogens is 231 g/mol. The Balaban J connectivity index is 2.50. The first-order chi connectivity index (χ1) is 8.54. The fraction of sp³-hybridized carbons (Fsp3) is 0.308. The molecule has 0 atom stereocenters. The summed E-state index contributed by atoms with van der Waals surface area (Å²) in [6, 6.07) is 4.81. The molecule has 1 heterocycles. The zero-order chi connectivity index (χ0) is 13.3. The zero-order valence-corrected chi connectivity index (χ0v) is 10.6. The van der Waals surface area contributed by atoms with Crippen LogP contribution in [-0.2, 0) is 6.42 Å². The molecule has 0 spiro atoms. The number of imidazole rings is 1. The van der Waals surface area contributed by atoms with E-state index in [1.165, 1.54) is 10.7 Å². The molecule has 1 aromatic heterocycles. The molecule has 0 saturated heterocycles. The van der Waals surface area contributed by atoms with E-state index in [0.717, 1.165) is 24.2 Å². The lowest BCUT2D eigenvalue weighted by Crippen LogP contribution is -2.15. The Morgan fingerprint density at radius 2 is 2.11 bits per heavy atom. The van der Waals surface area contributed by atoms with Crippen molar-refractivity contribution in [3.63, 3.8) is 0 Å². The van der Waals surface area contributed by atoms with Gasteiger partial charge in [0, 0.05) is 12.0 Å². The third kappa shape index (κ3) is 2.03. The molecule has 0 bridgehead atoms. The second-order valence-electron chi connectivity index (χ2n) is 4.35. The van der Waals surface area contributed by atoms with Crippen LogP contribution in [0.1, 0.15) is 24.7 Å². The number of rotatable bonds is 3. The van der Waals surface area contributed by atoms with E-state index in [0.29, 0.717) is 17.1 Å². The summed E-state index contributed by atoms with van der Waals surface area (Å²) in [5.74, 6) is 6.76. The van der Waals surface area contributed by atoms with Crippen molar-refractivity contribution in [2.24, 2.45) is 0 Å². The fourth-order valence-electron chi connectivity index (χ4n) is 1.90. The number of aryl methyl sites for hydroxylation is 2. The third-order valence-corrected chi connectivity index (χ3v) is 2.93. The van der Waals surface area contributed by atoms with Gasteiger partial charge in [0.1, 0.15) is 17.3 Å². The van der Waals surface area contributed by atoms with Crippen molar-refractivity contribution in [2.75, 3.05) is 11.6 Å². The average Bonchev–Trinajstić information content (AvgIpc) is 2.62. The first kappa shape index (κ1) is 12.4. The molecule has 5 heteroatoms. The highest BCUT2D eigenvalue weighted by Crippen LogP contribution is 2.26. The number of hydrogen-bond acceptors (Lipinski definition) is 3. The van der Waals surface area contributed by atoms with Gasteiger partial charge in [0.2, 0.25) is 0 Å². The molecule has 0 unspecified atom stereocenters. The number of nitrogen functional groups attached to an aromatic ring is 2. The number of anilines is 1. The molecule has 0 aliphatic carbocycles. The smallest absolute Gasteiger partial charge is 0.150 e. The molecule has 0 amide bonds. The van der Waals surface area contributed by atoms with Crippen molar-refractivity contribution >= 4 is 5.82 Å². The summed E-state index contributed by atoms with van der Waals surface area (Å²) in [6.45, 7) is 3.76. The van der Waals surface area contributed by atoms with Gasteiger partial charge in [-0.15, -0.1) is 0 Å². The van der Waals surface area contributed by atoms with E-state index in [-0.39, 0.29) is 5.82 Å². The van der Waals surface area contributed by atoms with Crippen molar-refractivity contribution < 1.29 is 4.39 Å². The summed E-state index contributed by atoms with van der Waals surface area (Å²) in [5, 5.41) is 0. The molecule has 4 nitrogen and oxygen atoms in total. The van der Waals surface area contributed by atoms with Crippen LogP contribution in [0.15, 0.2) is 18.2 Å². The van der Waals surface area contributed by atoms with E-state index >= 15 is 0 Å². The largest absolute Gasteiger partial charge is 0.382 e. The van der Waals surface area contributed by atoms with E-state index in [1.807, 2.05) is 6.92 Å². The predicted octanol–water partition coefficient (Wildman–Crippen LogP) is 2.25. The van der Waals surface area contributed by atoms with Gasteiger partial charge in [0.25, 0.3) is 0 Å². The monoisotopic (exact) mass is 248 g/mol. The standard InChI is InChI=1S/C13H17FN4/c1-3-4-11-17-12(13(15)18(11)16)9-5-6-10(14)8(2)7-9/h5-7H,3-4,15-16H2,1-2H3. The minimum Gasteiger partial charge on any atom is -0.382 e. The van der Waals surface area contributed by atoms with Crippen LogP contribution in [0.4, 0.5) is 10.2 Å². The fourth-order valence-corrected chi connectivity index (χ4v) is 1.90. The molecule has 2 aromatic rings. The predicted molar refractivity (Wildman–Crippen MR) is 70.9 cm³/mol. The van der Waals surface area contributed by atoms with Crippen LogP contribution in [0.2, 0.25) is 0 Å². The van der Waals surface area contributed by atoms with Gasteiger partial charge in [0.15, 0.2) is 5.82 Å². The van der Waals surface area contributed by atoms with Crippen LogP contribution in [-0.4, -0.2) is 9.66 Å². The molecule has 18 heavy (non-hydrogen) atoms. The van der Waals surface area contributed by atoms with Crippen LogP contribution in [0.25, 0.3) is 11.3 Å². The second-order valence-corrected chi connectivity index (χ2v) is 4.35. The van der Waals surface area contributed by atoms with Gasteiger partial charge in [-0.1, -0.05) is 6.92 Å². The summed E-state index contributed by atoms with van der Waals surface area (Å²) in [4.78, 5) is 4.43. The first-order valence-electron chi connectivity index (χ1n) is 5.93. The molecule has 0 radical (unpaired) electrons. The topological polar surface area (TPSA) is 69.9 Å². The minimum atomic E-state index is -0.238. The van der Waals surface area contributed by atoms with Gasteiger partial charge in [-0.3, -0.25) is 0 Å². The Kier molecular flexibility index (Phi) is 3.23. The molecule has 1 aromatic carbocycles. The Labute approximate surface area is 105 Å². The number of nitrogens with zero attached hydrogens (tertiary/aromatic N) is 2. The first-order valence-corrected chi connectivity index (χ1v) is 5.93. The lowest BCUT2D eigenvalue weighted by atomic mass is 10.1. The second kappa shape index (κ2) is 4.68. The number of nitrogens with two attached hydrogens (primary N) is 2. The highest BCUT2D eigenvalue weighted by atomic mass is 19.1. The summed E-state index contributed by atoms with van der Waals surface area (Å²) in [5.41, 5.74) is 7.90. The van der Waals surface area contributed by atoms with Crippen molar-refractivity contribution in [1.82, 2.24) is 9.66 Å². The van der Waals surface area contributed by atoms with Crippen LogP contribution in [0.5, 0.6) is 0 Å². The molecular formula is C13H17FN4. The summed E-state index contributed by atoms with van der Waals surface area (Å²) >= 11 is 0. The molecule has 96 valence electrons. The van der Waals surface area contributed by atoms with Crippen molar-refractivity contribution in [2.45, 2.75) is 26.7 Å². The summed E-state index contributed by atoms with van der Waals surface area (Å²) in [6.07, 6.45) is 1.70. The van der Waals surface area contributed by atoms with Crippen molar-refractivity contribution in [3.8, 4) is 11.3 Å². The highest BCUT2D eigenvalue weighted by Gasteiger charge is 2.14. The van der Waals surface area contributed by atoms with Gasteiger partial charge in [-0.05, 0) is 37.1 Å². The van der Waals surface area contributed by atoms with Crippen LogP contribution in [0, 0.1) is 12.7 Å². The Morgan fingerprint density at radius 1 is 1.39 bits per heavy atom. The average molecular weight is 248 g/mol. The maximum Gasteiger partial charge on any atom is 0.150 e. The highest BCUT2D eigenvalue weighted by molar-refractivity contribution is 5.71. The number of aromatic nitrogens is 2. The van der Waals surface area contributed by atoms with Crippen molar-refractivity contribution in [3.05, 3.63) is 35.4 Å². The molecule has 2 rings (SSSR count). The van der Waals surface area contributed by atoms with Gasteiger partial charge in [-0.2, -0.15) is 0 Å². The van der Waals surface area contributed by atoms with Gasteiger partial charge in [-0.25, -0.2) is 14.1 Å². The minimum absolute atomic E-state index is 0.238. The molecule has 0 saturated carbocycles. The Bertz CT molecular complexity index is 575. The molecule has 0 aliphatic rings. The number of benzene rings is 1. The van der Waals surface area contributed by atoms with E-state index in [2.05, 4.69) is 4.98 Å². The van der Waals surface area contributed by atoms with E-state index in [9.17, 15) is 4.39 Å². The van der Waals surface area contributed by atoms with Crippen LogP contribution < -0.4 is 11.6 Å².